The van der Waals surface area contributed by atoms with E-state index >= 15 is 0 Å². The van der Waals surface area contributed by atoms with Crippen LogP contribution in [0, 0.1) is 5.92 Å². The van der Waals surface area contributed by atoms with Crippen LogP contribution in [0.15, 0.2) is 0 Å². The molecule has 0 spiro atoms. The molecule has 2 fully saturated rings. The maximum Gasteiger partial charge on any atom is 0.0107 e. The van der Waals surface area contributed by atoms with E-state index in [-0.39, 0.29) is 0 Å². The molecule has 0 aromatic carbocycles. The molecule has 0 bridgehead atoms. The fraction of sp³-hybridized carbons (Fsp3) is 1.00. The molecule has 2 rings (SSSR count). The third kappa shape index (κ3) is 4.40. The van der Waals surface area contributed by atoms with E-state index in [1.807, 2.05) is 0 Å². The lowest BCUT2D eigenvalue weighted by Gasteiger charge is -2.27. The standard InChI is InChI=1S/C13H27N3/c1-2-8-16(9-3-1)10-7-15-12-13-5-4-6-14-11-13/h13-15H,1-12H2. The topological polar surface area (TPSA) is 27.3 Å². The summed E-state index contributed by atoms with van der Waals surface area (Å²) in [5.74, 6) is 0.870. The number of nitrogens with zero attached hydrogens (tertiary/aromatic N) is 1. The Hall–Kier alpha value is -0.120. The van der Waals surface area contributed by atoms with E-state index < -0.39 is 0 Å². The molecule has 2 heterocycles. The molecule has 2 aliphatic heterocycles. The van der Waals surface area contributed by atoms with Crippen molar-refractivity contribution in [3.05, 3.63) is 0 Å². The predicted molar refractivity (Wildman–Crippen MR) is 68.8 cm³/mol. The van der Waals surface area contributed by atoms with Gasteiger partial charge in [0.15, 0.2) is 0 Å². The van der Waals surface area contributed by atoms with Gasteiger partial charge in [-0.2, -0.15) is 0 Å². The normalized spacial score (nSPS) is 28.1. The first-order valence-electron chi connectivity index (χ1n) is 7.09. The van der Waals surface area contributed by atoms with Gasteiger partial charge in [0.25, 0.3) is 0 Å². The fourth-order valence-corrected chi connectivity index (χ4v) is 2.82. The number of likely N-dealkylation sites (tertiary alicyclic amines) is 1. The molecule has 3 nitrogen and oxygen atoms in total. The minimum atomic E-state index is 0.870. The summed E-state index contributed by atoms with van der Waals surface area (Å²) >= 11 is 0. The van der Waals surface area contributed by atoms with Gasteiger partial charge in [-0.05, 0) is 64.3 Å². The summed E-state index contributed by atoms with van der Waals surface area (Å²) in [5.41, 5.74) is 0. The quantitative estimate of drug-likeness (QED) is 0.685. The molecule has 0 saturated carbocycles. The van der Waals surface area contributed by atoms with Crippen molar-refractivity contribution in [3.8, 4) is 0 Å². The number of nitrogens with one attached hydrogen (secondary N) is 2. The Morgan fingerprint density at radius 3 is 2.75 bits per heavy atom. The smallest absolute Gasteiger partial charge is 0.0107 e. The minimum absolute atomic E-state index is 0.870. The second-order valence-electron chi connectivity index (χ2n) is 5.32. The SMILES string of the molecule is C1CCN(CCNCC2CCCNC2)CC1. The van der Waals surface area contributed by atoms with Crippen molar-refractivity contribution in [2.24, 2.45) is 5.92 Å². The first kappa shape index (κ1) is 12.3. The Bertz CT molecular complexity index is 152. The Morgan fingerprint density at radius 1 is 1.12 bits per heavy atom. The third-order valence-corrected chi connectivity index (χ3v) is 3.89. The maximum absolute atomic E-state index is 3.62. The zero-order valence-corrected chi connectivity index (χ0v) is 10.5. The van der Waals surface area contributed by atoms with E-state index in [1.54, 1.807) is 0 Å². The van der Waals surface area contributed by atoms with Crippen LogP contribution in [-0.2, 0) is 0 Å². The van der Waals surface area contributed by atoms with Crippen molar-refractivity contribution in [2.75, 3.05) is 45.8 Å². The molecule has 0 aromatic heterocycles. The Balaban J connectivity index is 1.47. The number of piperidine rings is 2. The summed E-state index contributed by atoms with van der Waals surface area (Å²) in [5, 5.41) is 7.10. The lowest BCUT2D eigenvalue weighted by molar-refractivity contribution is 0.226. The Kier molecular flexibility index (Phi) is 5.59. The molecular formula is C13H27N3. The van der Waals surface area contributed by atoms with Gasteiger partial charge in [0.2, 0.25) is 0 Å². The molecule has 16 heavy (non-hydrogen) atoms. The molecule has 2 aliphatic rings. The second kappa shape index (κ2) is 7.25. The summed E-state index contributed by atoms with van der Waals surface area (Å²) in [4.78, 5) is 2.61. The summed E-state index contributed by atoms with van der Waals surface area (Å²) in [7, 11) is 0. The van der Waals surface area contributed by atoms with Gasteiger partial charge in [-0.1, -0.05) is 6.42 Å². The average Bonchev–Trinajstić information content (AvgIpc) is 2.37. The van der Waals surface area contributed by atoms with E-state index in [9.17, 15) is 0 Å². The largest absolute Gasteiger partial charge is 0.316 e. The summed E-state index contributed by atoms with van der Waals surface area (Å²) < 4.78 is 0. The predicted octanol–water partition coefficient (Wildman–Crippen LogP) is 1.06. The van der Waals surface area contributed by atoms with Crippen molar-refractivity contribution < 1.29 is 0 Å². The van der Waals surface area contributed by atoms with Gasteiger partial charge in [-0.15, -0.1) is 0 Å². The van der Waals surface area contributed by atoms with Crippen LogP contribution in [0.25, 0.3) is 0 Å². The molecule has 1 atom stereocenters. The van der Waals surface area contributed by atoms with Crippen LogP contribution < -0.4 is 10.6 Å². The van der Waals surface area contributed by atoms with Crippen LogP contribution in [-0.4, -0.2) is 50.7 Å². The highest BCUT2D eigenvalue weighted by Gasteiger charge is 2.12. The molecule has 0 aromatic rings. The fourth-order valence-electron chi connectivity index (χ4n) is 2.82. The third-order valence-electron chi connectivity index (χ3n) is 3.89. The van der Waals surface area contributed by atoms with E-state index in [2.05, 4.69) is 15.5 Å². The number of hydrogen-bond donors (Lipinski definition) is 2. The van der Waals surface area contributed by atoms with Gasteiger partial charge >= 0.3 is 0 Å². The average molecular weight is 225 g/mol. The summed E-state index contributed by atoms with van der Waals surface area (Å²) in [6.45, 7) is 8.73. The summed E-state index contributed by atoms with van der Waals surface area (Å²) in [6.07, 6.45) is 7.03. The van der Waals surface area contributed by atoms with Crippen molar-refractivity contribution >= 4 is 0 Å². The Morgan fingerprint density at radius 2 is 2.00 bits per heavy atom. The van der Waals surface area contributed by atoms with E-state index in [0.29, 0.717) is 0 Å². The number of rotatable bonds is 5. The molecule has 1 unspecified atom stereocenters. The van der Waals surface area contributed by atoms with Gasteiger partial charge in [0.1, 0.15) is 0 Å². The molecule has 3 heteroatoms. The monoisotopic (exact) mass is 225 g/mol. The molecule has 2 N–H and O–H groups in total. The first-order chi connectivity index (χ1) is 7.95. The highest BCUT2D eigenvalue weighted by atomic mass is 15.1. The molecular weight excluding hydrogens is 198 g/mol. The van der Waals surface area contributed by atoms with Crippen molar-refractivity contribution in [3.63, 3.8) is 0 Å². The van der Waals surface area contributed by atoms with Gasteiger partial charge in [-0.25, -0.2) is 0 Å². The lowest BCUT2D eigenvalue weighted by atomic mass is 10.00. The van der Waals surface area contributed by atoms with E-state index in [0.717, 1.165) is 5.92 Å². The van der Waals surface area contributed by atoms with E-state index in [1.165, 1.54) is 77.9 Å². The van der Waals surface area contributed by atoms with Gasteiger partial charge in [0.05, 0.1) is 0 Å². The zero-order chi connectivity index (χ0) is 11.1. The van der Waals surface area contributed by atoms with Crippen molar-refractivity contribution in [2.45, 2.75) is 32.1 Å². The number of hydrogen-bond acceptors (Lipinski definition) is 3. The van der Waals surface area contributed by atoms with Crippen LogP contribution in [0.5, 0.6) is 0 Å². The zero-order valence-electron chi connectivity index (χ0n) is 10.5. The molecule has 2 saturated heterocycles. The van der Waals surface area contributed by atoms with E-state index in [4.69, 9.17) is 0 Å². The van der Waals surface area contributed by atoms with Crippen LogP contribution in [0.2, 0.25) is 0 Å². The van der Waals surface area contributed by atoms with Gasteiger partial charge in [0, 0.05) is 13.1 Å². The molecule has 0 radical (unpaired) electrons. The molecule has 0 amide bonds. The van der Waals surface area contributed by atoms with Crippen LogP contribution >= 0.6 is 0 Å². The van der Waals surface area contributed by atoms with Crippen molar-refractivity contribution in [1.82, 2.24) is 15.5 Å². The summed E-state index contributed by atoms with van der Waals surface area (Å²) in [6, 6.07) is 0. The molecule has 94 valence electrons. The minimum Gasteiger partial charge on any atom is -0.316 e. The van der Waals surface area contributed by atoms with Gasteiger partial charge in [-0.3, -0.25) is 0 Å². The second-order valence-corrected chi connectivity index (χ2v) is 5.32. The lowest BCUT2D eigenvalue weighted by Crippen LogP contribution is -2.40. The van der Waals surface area contributed by atoms with Crippen LogP contribution in [0.3, 0.4) is 0 Å². The van der Waals surface area contributed by atoms with Gasteiger partial charge < -0.3 is 15.5 Å². The first-order valence-corrected chi connectivity index (χ1v) is 7.09. The maximum atomic E-state index is 3.62. The Labute approximate surface area is 100.0 Å². The highest BCUT2D eigenvalue weighted by molar-refractivity contribution is 4.72. The molecule has 0 aliphatic carbocycles. The van der Waals surface area contributed by atoms with Crippen LogP contribution in [0.4, 0.5) is 0 Å². The van der Waals surface area contributed by atoms with Crippen LogP contribution in [0.1, 0.15) is 32.1 Å². The van der Waals surface area contributed by atoms with Crippen molar-refractivity contribution in [1.29, 1.82) is 0 Å². The highest BCUT2D eigenvalue weighted by Crippen LogP contribution is 2.09.